The molecule has 1 saturated heterocycles. The van der Waals surface area contributed by atoms with Crippen LogP contribution in [0.25, 0.3) is 0 Å². The van der Waals surface area contributed by atoms with E-state index in [2.05, 4.69) is 48.8 Å². The predicted octanol–water partition coefficient (Wildman–Crippen LogP) is 3.03. The molecule has 1 atom stereocenters. The first-order valence-corrected chi connectivity index (χ1v) is 7.21. The van der Waals surface area contributed by atoms with Crippen LogP contribution in [-0.4, -0.2) is 22.6 Å². The third-order valence-corrected chi connectivity index (χ3v) is 4.60. The van der Waals surface area contributed by atoms with E-state index >= 15 is 0 Å². The average Bonchev–Trinajstić information content (AvgIpc) is 2.77. The molecule has 0 aliphatic carbocycles. The maximum absolute atomic E-state index is 4.38. The van der Waals surface area contributed by atoms with Gasteiger partial charge in [-0.1, -0.05) is 27.7 Å². The fourth-order valence-electron chi connectivity index (χ4n) is 2.53. The lowest BCUT2D eigenvalue weighted by Crippen LogP contribution is -2.31. The zero-order valence-electron chi connectivity index (χ0n) is 12.2. The number of imidazole rings is 1. The van der Waals surface area contributed by atoms with Gasteiger partial charge in [0.1, 0.15) is 0 Å². The molecule has 2 rings (SSSR count). The highest BCUT2D eigenvalue weighted by Crippen LogP contribution is 2.30. The molecule has 0 saturated carbocycles. The predicted molar refractivity (Wildman–Crippen MR) is 75.7 cm³/mol. The van der Waals surface area contributed by atoms with Crippen molar-refractivity contribution in [3.8, 4) is 0 Å². The molecule has 102 valence electrons. The average molecular weight is 249 g/mol. The monoisotopic (exact) mass is 249 g/mol. The van der Waals surface area contributed by atoms with E-state index in [0.717, 1.165) is 13.1 Å². The summed E-state index contributed by atoms with van der Waals surface area (Å²) in [5.41, 5.74) is 1.73. The number of hydrogen-bond acceptors (Lipinski definition) is 2. The third-order valence-electron chi connectivity index (χ3n) is 4.60. The van der Waals surface area contributed by atoms with Gasteiger partial charge in [0.2, 0.25) is 0 Å². The molecule has 0 amide bonds. The Morgan fingerprint density at radius 3 is 2.89 bits per heavy atom. The number of nitrogens with zero attached hydrogens (tertiary/aromatic N) is 2. The van der Waals surface area contributed by atoms with Gasteiger partial charge in [-0.25, -0.2) is 4.98 Å². The maximum atomic E-state index is 4.38. The van der Waals surface area contributed by atoms with Crippen molar-refractivity contribution in [3.63, 3.8) is 0 Å². The molecule has 1 aromatic rings. The molecule has 1 N–H and O–H groups in total. The molecular formula is C15H27N3. The van der Waals surface area contributed by atoms with Crippen LogP contribution in [0, 0.1) is 11.3 Å². The molecule has 1 aliphatic rings. The van der Waals surface area contributed by atoms with Crippen molar-refractivity contribution < 1.29 is 0 Å². The van der Waals surface area contributed by atoms with E-state index in [-0.39, 0.29) is 0 Å². The van der Waals surface area contributed by atoms with Crippen LogP contribution < -0.4 is 5.32 Å². The molecule has 3 heteroatoms. The third kappa shape index (κ3) is 2.94. The van der Waals surface area contributed by atoms with Crippen molar-refractivity contribution in [1.29, 1.82) is 0 Å². The first kappa shape index (κ1) is 13.6. The highest BCUT2D eigenvalue weighted by molar-refractivity contribution is 5.08. The Morgan fingerprint density at radius 2 is 2.28 bits per heavy atom. The Kier molecular flexibility index (Phi) is 4.10. The van der Waals surface area contributed by atoms with Crippen molar-refractivity contribution in [1.82, 2.24) is 14.9 Å². The number of piperidine rings is 1. The first-order valence-electron chi connectivity index (χ1n) is 7.21. The number of aromatic nitrogens is 2. The Morgan fingerprint density at radius 1 is 1.50 bits per heavy atom. The van der Waals surface area contributed by atoms with E-state index in [1.54, 1.807) is 0 Å². The maximum Gasteiger partial charge on any atom is 0.0948 e. The van der Waals surface area contributed by atoms with E-state index in [0.29, 0.717) is 17.3 Å². The molecule has 0 aromatic carbocycles. The van der Waals surface area contributed by atoms with Gasteiger partial charge < -0.3 is 9.88 Å². The lowest BCUT2D eigenvalue weighted by molar-refractivity contribution is 0.206. The van der Waals surface area contributed by atoms with E-state index in [1.165, 1.54) is 25.1 Å². The number of rotatable bonds is 4. The molecule has 0 bridgehead atoms. The molecule has 1 unspecified atom stereocenters. The van der Waals surface area contributed by atoms with Gasteiger partial charge in [-0.05, 0) is 30.7 Å². The topological polar surface area (TPSA) is 29.9 Å². The molecule has 2 heterocycles. The quantitative estimate of drug-likeness (QED) is 0.889. The van der Waals surface area contributed by atoms with Gasteiger partial charge in [0.25, 0.3) is 0 Å². The van der Waals surface area contributed by atoms with Crippen LogP contribution in [0.3, 0.4) is 0 Å². The van der Waals surface area contributed by atoms with Crippen molar-refractivity contribution in [2.75, 3.05) is 13.1 Å². The van der Waals surface area contributed by atoms with Crippen molar-refractivity contribution in [2.24, 2.45) is 11.3 Å². The van der Waals surface area contributed by atoms with Gasteiger partial charge >= 0.3 is 0 Å². The van der Waals surface area contributed by atoms with Gasteiger partial charge in [-0.2, -0.15) is 0 Å². The van der Waals surface area contributed by atoms with Gasteiger partial charge in [0.15, 0.2) is 0 Å². The standard InChI is InChI=1S/C15H27N3/c1-12(2)15(3,4)10-18-11-17-9-14(18)13-6-5-7-16-8-13/h9,11-13,16H,5-8,10H2,1-4H3. The zero-order valence-corrected chi connectivity index (χ0v) is 12.2. The highest BCUT2D eigenvalue weighted by atomic mass is 15.1. The normalized spacial score (nSPS) is 21.5. The minimum absolute atomic E-state index is 0.317. The van der Waals surface area contributed by atoms with Gasteiger partial charge in [-0.3, -0.25) is 0 Å². The van der Waals surface area contributed by atoms with Gasteiger partial charge in [0, 0.05) is 30.9 Å². The van der Waals surface area contributed by atoms with Crippen LogP contribution in [0.2, 0.25) is 0 Å². The smallest absolute Gasteiger partial charge is 0.0948 e. The summed E-state index contributed by atoms with van der Waals surface area (Å²) in [4.78, 5) is 4.38. The summed E-state index contributed by atoms with van der Waals surface area (Å²) in [5, 5.41) is 3.49. The van der Waals surface area contributed by atoms with E-state index in [4.69, 9.17) is 0 Å². The molecule has 0 spiro atoms. The van der Waals surface area contributed by atoms with Gasteiger partial charge in [0.05, 0.1) is 6.33 Å². The summed E-state index contributed by atoms with van der Waals surface area (Å²) in [5.74, 6) is 1.32. The van der Waals surface area contributed by atoms with E-state index in [9.17, 15) is 0 Å². The molecule has 1 aliphatic heterocycles. The van der Waals surface area contributed by atoms with Crippen LogP contribution in [0.5, 0.6) is 0 Å². The summed E-state index contributed by atoms with van der Waals surface area (Å²) in [6.45, 7) is 12.6. The van der Waals surface area contributed by atoms with Crippen molar-refractivity contribution >= 4 is 0 Å². The lowest BCUT2D eigenvalue weighted by atomic mass is 9.81. The van der Waals surface area contributed by atoms with Crippen molar-refractivity contribution in [3.05, 3.63) is 18.2 Å². The minimum atomic E-state index is 0.317. The number of nitrogens with one attached hydrogen (secondary N) is 1. The van der Waals surface area contributed by atoms with Crippen LogP contribution in [0.15, 0.2) is 12.5 Å². The summed E-state index contributed by atoms with van der Waals surface area (Å²) in [7, 11) is 0. The first-order chi connectivity index (χ1) is 8.50. The van der Waals surface area contributed by atoms with Crippen LogP contribution >= 0.6 is 0 Å². The second-order valence-corrected chi connectivity index (χ2v) is 6.63. The Hall–Kier alpha value is -0.830. The largest absolute Gasteiger partial charge is 0.334 e. The fourth-order valence-corrected chi connectivity index (χ4v) is 2.53. The van der Waals surface area contributed by atoms with Crippen LogP contribution in [-0.2, 0) is 6.54 Å². The second kappa shape index (κ2) is 5.43. The summed E-state index contributed by atoms with van der Waals surface area (Å²) in [6, 6.07) is 0. The molecule has 0 radical (unpaired) electrons. The Labute approximate surface area is 111 Å². The van der Waals surface area contributed by atoms with Crippen LogP contribution in [0.1, 0.15) is 52.1 Å². The molecular weight excluding hydrogens is 222 g/mol. The SMILES string of the molecule is CC(C)C(C)(C)Cn1cncc1C1CCCNC1. The second-order valence-electron chi connectivity index (χ2n) is 6.63. The summed E-state index contributed by atoms with van der Waals surface area (Å²) < 4.78 is 2.37. The molecule has 3 nitrogen and oxygen atoms in total. The Bertz CT molecular complexity index is 373. The molecule has 18 heavy (non-hydrogen) atoms. The lowest BCUT2D eigenvalue weighted by Gasteiger charge is -2.32. The Balaban J connectivity index is 2.12. The van der Waals surface area contributed by atoms with Crippen LogP contribution in [0.4, 0.5) is 0 Å². The van der Waals surface area contributed by atoms with E-state index < -0.39 is 0 Å². The zero-order chi connectivity index (χ0) is 13.2. The van der Waals surface area contributed by atoms with Gasteiger partial charge in [-0.15, -0.1) is 0 Å². The minimum Gasteiger partial charge on any atom is -0.334 e. The summed E-state index contributed by atoms with van der Waals surface area (Å²) in [6.07, 6.45) is 6.65. The number of hydrogen-bond donors (Lipinski definition) is 1. The van der Waals surface area contributed by atoms with Crippen molar-refractivity contribution in [2.45, 2.75) is 53.0 Å². The summed E-state index contributed by atoms with van der Waals surface area (Å²) >= 11 is 0. The van der Waals surface area contributed by atoms with E-state index in [1.807, 2.05) is 6.33 Å². The molecule has 1 fully saturated rings. The fraction of sp³-hybridized carbons (Fsp3) is 0.800. The highest BCUT2D eigenvalue weighted by Gasteiger charge is 2.26. The molecule has 1 aromatic heterocycles.